The van der Waals surface area contributed by atoms with Crippen LogP contribution in [-0.4, -0.2) is 22.6 Å². The molecule has 0 aliphatic carbocycles. The van der Waals surface area contributed by atoms with Crippen molar-refractivity contribution in [1.29, 1.82) is 0 Å². The SMILES string of the molecule is Oc1ccc(Br)cc1C=Nc1ccccc1-c1ccccc1N=Cc1cc(Br)ccc1O. The summed E-state index contributed by atoms with van der Waals surface area (Å²) in [5, 5.41) is 20.2. The van der Waals surface area contributed by atoms with Crippen LogP contribution in [0.15, 0.2) is 104 Å². The van der Waals surface area contributed by atoms with Crippen molar-refractivity contribution in [3.8, 4) is 22.6 Å². The molecule has 6 heteroatoms. The van der Waals surface area contributed by atoms with Gasteiger partial charge in [-0.05, 0) is 48.5 Å². The first kappa shape index (κ1) is 22.0. The van der Waals surface area contributed by atoms with Gasteiger partial charge in [-0.3, -0.25) is 9.98 Å². The number of phenols is 2. The average molecular weight is 550 g/mol. The Morgan fingerprint density at radius 3 is 1.41 bits per heavy atom. The maximum absolute atomic E-state index is 10.1. The second-order valence-electron chi connectivity index (χ2n) is 6.96. The summed E-state index contributed by atoms with van der Waals surface area (Å²) < 4.78 is 1.72. The highest BCUT2D eigenvalue weighted by Gasteiger charge is 2.09. The van der Waals surface area contributed by atoms with Gasteiger partial charge in [0, 0.05) is 43.6 Å². The molecule has 0 heterocycles. The normalized spacial score (nSPS) is 11.4. The number of aromatic hydroxyl groups is 2. The molecule has 0 unspecified atom stereocenters. The summed E-state index contributed by atoms with van der Waals surface area (Å²) in [6, 6.07) is 26.0. The Balaban J connectivity index is 1.73. The molecule has 0 aliphatic rings. The van der Waals surface area contributed by atoms with Crippen molar-refractivity contribution in [3.63, 3.8) is 0 Å². The molecule has 4 aromatic rings. The maximum atomic E-state index is 10.1. The van der Waals surface area contributed by atoms with E-state index in [-0.39, 0.29) is 11.5 Å². The third-order valence-corrected chi connectivity index (χ3v) is 5.75. The van der Waals surface area contributed by atoms with Crippen LogP contribution in [0.3, 0.4) is 0 Å². The highest BCUT2D eigenvalue weighted by Crippen LogP contribution is 2.37. The van der Waals surface area contributed by atoms with Gasteiger partial charge >= 0.3 is 0 Å². The van der Waals surface area contributed by atoms with Crippen LogP contribution in [0.1, 0.15) is 11.1 Å². The van der Waals surface area contributed by atoms with E-state index in [9.17, 15) is 10.2 Å². The van der Waals surface area contributed by atoms with Crippen LogP contribution in [0.2, 0.25) is 0 Å². The van der Waals surface area contributed by atoms with E-state index < -0.39 is 0 Å². The van der Waals surface area contributed by atoms with E-state index in [0.717, 1.165) is 31.4 Å². The number of benzene rings is 4. The summed E-state index contributed by atoms with van der Waals surface area (Å²) in [5.74, 6) is 0.321. The van der Waals surface area contributed by atoms with Gasteiger partial charge in [-0.2, -0.15) is 0 Å². The second kappa shape index (κ2) is 9.94. The van der Waals surface area contributed by atoms with Crippen molar-refractivity contribution >= 4 is 55.7 Å². The minimum atomic E-state index is 0.160. The first-order chi connectivity index (χ1) is 15.5. The molecule has 2 N–H and O–H groups in total. The second-order valence-corrected chi connectivity index (χ2v) is 8.79. The Morgan fingerprint density at radius 1 is 0.562 bits per heavy atom. The lowest BCUT2D eigenvalue weighted by Gasteiger charge is -2.09. The van der Waals surface area contributed by atoms with E-state index in [2.05, 4.69) is 41.8 Å². The first-order valence-corrected chi connectivity index (χ1v) is 11.3. The largest absolute Gasteiger partial charge is 0.507 e. The van der Waals surface area contributed by atoms with Crippen LogP contribution in [0.4, 0.5) is 11.4 Å². The molecule has 32 heavy (non-hydrogen) atoms. The number of rotatable bonds is 5. The van der Waals surface area contributed by atoms with Crippen LogP contribution in [0, 0.1) is 0 Å². The van der Waals surface area contributed by atoms with E-state index >= 15 is 0 Å². The fourth-order valence-electron chi connectivity index (χ4n) is 3.16. The van der Waals surface area contributed by atoms with Gasteiger partial charge in [0.15, 0.2) is 0 Å². The summed E-state index contributed by atoms with van der Waals surface area (Å²) in [5.41, 5.74) is 4.55. The molecule has 0 bridgehead atoms. The monoisotopic (exact) mass is 548 g/mol. The molecule has 0 fully saturated rings. The summed E-state index contributed by atoms with van der Waals surface area (Å²) in [6.45, 7) is 0. The summed E-state index contributed by atoms with van der Waals surface area (Å²) in [6.07, 6.45) is 3.29. The molecule has 0 radical (unpaired) electrons. The molecule has 0 aliphatic heterocycles. The van der Waals surface area contributed by atoms with Gasteiger partial charge in [-0.15, -0.1) is 0 Å². The maximum Gasteiger partial charge on any atom is 0.124 e. The minimum absolute atomic E-state index is 0.160. The number of aliphatic imine (C=N–C) groups is 2. The zero-order valence-electron chi connectivity index (χ0n) is 16.8. The summed E-state index contributed by atoms with van der Waals surface area (Å²) in [7, 11) is 0. The van der Waals surface area contributed by atoms with Gasteiger partial charge < -0.3 is 10.2 Å². The molecule has 4 aromatic carbocycles. The smallest absolute Gasteiger partial charge is 0.124 e. The van der Waals surface area contributed by atoms with Crippen LogP contribution in [0.25, 0.3) is 11.1 Å². The van der Waals surface area contributed by atoms with E-state index in [0.29, 0.717) is 11.1 Å². The Kier molecular flexibility index (Phi) is 6.83. The first-order valence-electron chi connectivity index (χ1n) is 9.75. The Morgan fingerprint density at radius 2 is 0.969 bits per heavy atom. The predicted molar refractivity (Wildman–Crippen MR) is 138 cm³/mol. The predicted octanol–water partition coefficient (Wildman–Crippen LogP) is 7.79. The van der Waals surface area contributed by atoms with Crippen molar-refractivity contribution < 1.29 is 10.2 Å². The van der Waals surface area contributed by atoms with E-state index in [4.69, 9.17) is 0 Å². The summed E-state index contributed by atoms with van der Waals surface area (Å²) in [4.78, 5) is 9.27. The highest BCUT2D eigenvalue weighted by atomic mass is 79.9. The van der Waals surface area contributed by atoms with Crippen molar-refractivity contribution in [1.82, 2.24) is 0 Å². The van der Waals surface area contributed by atoms with Crippen LogP contribution in [0.5, 0.6) is 11.5 Å². The zero-order chi connectivity index (χ0) is 22.5. The van der Waals surface area contributed by atoms with E-state index in [1.807, 2.05) is 60.7 Å². The van der Waals surface area contributed by atoms with Crippen LogP contribution in [-0.2, 0) is 0 Å². The number of halogens is 2. The molecular formula is C26H18Br2N2O2. The third kappa shape index (κ3) is 5.15. The van der Waals surface area contributed by atoms with Crippen molar-refractivity contribution in [2.75, 3.05) is 0 Å². The Labute approximate surface area is 202 Å². The molecule has 0 aromatic heterocycles. The zero-order valence-corrected chi connectivity index (χ0v) is 20.0. The van der Waals surface area contributed by atoms with Crippen molar-refractivity contribution in [2.45, 2.75) is 0 Å². The van der Waals surface area contributed by atoms with Crippen LogP contribution < -0.4 is 0 Å². The quantitative estimate of drug-likeness (QED) is 0.249. The fraction of sp³-hybridized carbons (Fsp3) is 0. The van der Waals surface area contributed by atoms with Gasteiger partial charge in [0.25, 0.3) is 0 Å². The molecule has 4 rings (SSSR count). The molecule has 0 spiro atoms. The van der Waals surface area contributed by atoms with Gasteiger partial charge in [-0.25, -0.2) is 0 Å². The lowest BCUT2D eigenvalue weighted by Crippen LogP contribution is -1.86. The number of phenolic OH excluding ortho intramolecular Hbond substituents is 2. The number of hydrogen-bond donors (Lipinski definition) is 2. The molecule has 0 atom stereocenters. The fourth-order valence-corrected chi connectivity index (χ4v) is 3.92. The lowest BCUT2D eigenvalue weighted by molar-refractivity contribution is 0.474. The van der Waals surface area contributed by atoms with Crippen LogP contribution >= 0.6 is 31.9 Å². The lowest BCUT2D eigenvalue weighted by atomic mass is 10.0. The molecule has 0 saturated carbocycles. The highest BCUT2D eigenvalue weighted by molar-refractivity contribution is 9.10. The molecule has 4 nitrogen and oxygen atoms in total. The van der Waals surface area contributed by atoms with Crippen molar-refractivity contribution in [2.24, 2.45) is 9.98 Å². The third-order valence-electron chi connectivity index (χ3n) is 4.76. The number of hydrogen-bond acceptors (Lipinski definition) is 4. The molecule has 158 valence electrons. The van der Waals surface area contributed by atoms with Gasteiger partial charge in [-0.1, -0.05) is 68.3 Å². The van der Waals surface area contributed by atoms with Gasteiger partial charge in [0.2, 0.25) is 0 Å². The van der Waals surface area contributed by atoms with E-state index in [1.54, 1.807) is 36.7 Å². The minimum Gasteiger partial charge on any atom is -0.507 e. The number of para-hydroxylation sites is 2. The average Bonchev–Trinajstić information content (AvgIpc) is 2.81. The van der Waals surface area contributed by atoms with E-state index in [1.165, 1.54) is 0 Å². The molecule has 0 amide bonds. The van der Waals surface area contributed by atoms with Gasteiger partial charge in [0.1, 0.15) is 11.5 Å². The topological polar surface area (TPSA) is 65.2 Å². The Hall–Kier alpha value is -3.22. The Bertz CT molecular complexity index is 1230. The molecule has 0 saturated heterocycles. The molecular weight excluding hydrogens is 532 g/mol. The standard InChI is InChI=1S/C26H18Br2N2O2/c27-19-9-11-25(31)17(13-19)15-29-23-7-3-1-5-21(23)22-6-2-4-8-24(22)30-16-18-14-20(28)10-12-26(18)32/h1-16,31-32H. The summed E-state index contributed by atoms with van der Waals surface area (Å²) >= 11 is 6.84. The number of nitrogens with zero attached hydrogens (tertiary/aromatic N) is 2. The van der Waals surface area contributed by atoms with Crippen molar-refractivity contribution in [3.05, 3.63) is 105 Å². The van der Waals surface area contributed by atoms with Gasteiger partial charge in [0.05, 0.1) is 11.4 Å².